The highest BCUT2D eigenvalue weighted by Crippen LogP contribution is 2.18. The van der Waals surface area contributed by atoms with Crippen LogP contribution < -0.4 is 5.32 Å². The summed E-state index contributed by atoms with van der Waals surface area (Å²) in [6.45, 7) is 4.28. The highest BCUT2D eigenvalue weighted by Gasteiger charge is 2.17. The Morgan fingerprint density at radius 2 is 1.10 bits per heavy atom. The van der Waals surface area contributed by atoms with Gasteiger partial charge in [0.2, 0.25) is 5.91 Å². The van der Waals surface area contributed by atoms with Gasteiger partial charge < -0.3 is 15.5 Å². The lowest BCUT2D eigenvalue weighted by Crippen LogP contribution is -2.45. The third-order valence-electron chi connectivity index (χ3n) is 8.31. The largest absolute Gasteiger partial charge is 0.394 e. The van der Waals surface area contributed by atoms with E-state index in [0.717, 1.165) is 25.7 Å². The van der Waals surface area contributed by atoms with Crippen LogP contribution in [0.2, 0.25) is 0 Å². The maximum Gasteiger partial charge on any atom is 0.220 e. The van der Waals surface area contributed by atoms with Crippen molar-refractivity contribution in [2.75, 3.05) is 6.61 Å². The summed E-state index contributed by atoms with van der Waals surface area (Å²) in [6, 6.07) is -0.620. The van der Waals surface area contributed by atoms with Crippen molar-refractivity contribution in [2.45, 2.75) is 204 Å². The first-order chi connectivity index (χ1) is 20.0. The molecule has 0 bridgehead atoms. The number of unbranched alkanes of at least 4 members (excludes halogenated alkanes) is 21. The average molecular weight is 645 g/mol. The van der Waals surface area contributed by atoms with Gasteiger partial charge in [-0.25, -0.2) is 0 Å². The van der Waals surface area contributed by atoms with Crippen LogP contribution in [0.25, 0.3) is 0 Å². The third-order valence-corrected chi connectivity index (χ3v) is 9.22. The average Bonchev–Trinajstić information content (AvgIpc) is 2.97. The van der Waals surface area contributed by atoms with Crippen LogP contribution in [0.4, 0.5) is 0 Å². The first kappa shape index (κ1) is 40.6. The fourth-order valence-corrected chi connectivity index (χ4v) is 6.10. The summed E-state index contributed by atoms with van der Waals surface area (Å²) in [6.07, 6.45) is 36.7. The van der Waals surface area contributed by atoms with E-state index in [9.17, 15) is 15.0 Å². The molecule has 3 unspecified atom stereocenters. The van der Waals surface area contributed by atoms with E-state index in [1.54, 1.807) is 6.08 Å². The van der Waals surface area contributed by atoms with E-state index in [1.807, 2.05) is 6.08 Å². The zero-order valence-corrected chi connectivity index (χ0v) is 29.0. The first-order valence-electron chi connectivity index (χ1n) is 17.9. The van der Waals surface area contributed by atoms with E-state index in [4.69, 9.17) is 0 Å². The van der Waals surface area contributed by atoms with Gasteiger partial charge in [0.05, 0.1) is 18.8 Å². The Morgan fingerprint density at radius 3 is 1.61 bits per heavy atom. The summed E-state index contributed by atoms with van der Waals surface area (Å²) >= 11 is 3.80. The van der Waals surface area contributed by atoms with Crippen molar-refractivity contribution in [1.29, 1.82) is 0 Å². The lowest BCUT2D eigenvalue weighted by Gasteiger charge is -2.20. The Kier molecular flexibility index (Phi) is 32.2. The normalized spacial score (nSPS) is 14.0. The van der Waals surface area contributed by atoms with Gasteiger partial charge in [0.25, 0.3) is 0 Å². The van der Waals surface area contributed by atoms with Gasteiger partial charge in [-0.3, -0.25) is 4.79 Å². The molecule has 3 atom stereocenters. The second-order valence-electron chi connectivity index (χ2n) is 12.4. The van der Waals surface area contributed by atoms with E-state index in [-0.39, 0.29) is 12.5 Å². The Morgan fingerprint density at radius 1 is 0.659 bits per heavy atom. The van der Waals surface area contributed by atoms with Gasteiger partial charge in [-0.1, -0.05) is 177 Å². The minimum Gasteiger partial charge on any atom is -0.394 e. The van der Waals surface area contributed by atoms with Crippen LogP contribution in [0.1, 0.15) is 187 Å². The van der Waals surface area contributed by atoms with Gasteiger partial charge in [-0.2, -0.15) is 0 Å². The zero-order valence-electron chi connectivity index (χ0n) is 27.4. The highest BCUT2D eigenvalue weighted by molar-refractivity contribution is 9.09. The van der Waals surface area contributed by atoms with Crippen LogP contribution in [0.5, 0.6) is 0 Å². The fraction of sp³-hybridized carbons (Fsp3) is 0.917. The standard InChI is InChI=1S/C36H70BrNO3/c1-3-5-7-8-9-10-11-12-13-14-15-16-21-24-27-31-36(41)38-34(32-39)35(40)30-26-23-20-18-17-19-22-25-29-33(37)28-6-4-2/h26,30,33-35,39-40H,3-25,27-29,31-32H2,1-2H3,(H,38,41)/b30-26+. The van der Waals surface area contributed by atoms with Crippen LogP contribution in [0.3, 0.4) is 0 Å². The first-order valence-corrected chi connectivity index (χ1v) is 18.9. The van der Waals surface area contributed by atoms with Crippen LogP contribution in [0.15, 0.2) is 12.2 Å². The molecule has 0 aromatic heterocycles. The molecule has 0 saturated heterocycles. The fourth-order valence-electron chi connectivity index (χ4n) is 5.45. The highest BCUT2D eigenvalue weighted by atomic mass is 79.9. The van der Waals surface area contributed by atoms with E-state index in [1.165, 1.54) is 141 Å². The monoisotopic (exact) mass is 643 g/mol. The number of nitrogens with one attached hydrogen (secondary N) is 1. The molecular formula is C36H70BrNO3. The molecule has 0 aliphatic heterocycles. The number of amides is 1. The SMILES string of the molecule is CCCCCCCCCCCCCCCCCC(=O)NC(CO)C(O)/C=C/CCCCCCCCC(Br)CCCC. The molecule has 0 heterocycles. The quantitative estimate of drug-likeness (QED) is 0.0388. The van der Waals surface area contributed by atoms with Gasteiger partial charge >= 0.3 is 0 Å². The smallest absolute Gasteiger partial charge is 0.220 e. The van der Waals surface area contributed by atoms with E-state index in [2.05, 4.69) is 35.1 Å². The lowest BCUT2D eigenvalue weighted by atomic mass is 10.0. The van der Waals surface area contributed by atoms with Gasteiger partial charge in [0.15, 0.2) is 0 Å². The van der Waals surface area contributed by atoms with Crippen molar-refractivity contribution in [3.05, 3.63) is 12.2 Å². The second-order valence-corrected chi connectivity index (χ2v) is 13.7. The van der Waals surface area contributed by atoms with Crippen molar-refractivity contribution in [2.24, 2.45) is 0 Å². The van der Waals surface area contributed by atoms with Gasteiger partial charge in [0, 0.05) is 11.2 Å². The summed E-state index contributed by atoms with van der Waals surface area (Å²) in [5, 5.41) is 22.9. The number of rotatable bonds is 32. The predicted molar refractivity (Wildman–Crippen MR) is 183 cm³/mol. The van der Waals surface area contributed by atoms with Crippen molar-refractivity contribution >= 4 is 21.8 Å². The number of alkyl halides is 1. The maximum atomic E-state index is 12.3. The number of carbonyl (C=O) groups is 1. The van der Waals surface area contributed by atoms with Gasteiger partial charge in [-0.05, 0) is 32.1 Å². The summed E-state index contributed by atoms with van der Waals surface area (Å²) in [5.74, 6) is -0.0669. The predicted octanol–water partition coefficient (Wildman–Crippen LogP) is 10.7. The van der Waals surface area contributed by atoms with Crippen LogP contribution in [-0.2, 0) is 4.79 Å². The summed E-state index contributed by atoms with van der Waals surface area (Å²) < 4.78 is 0. The Hall–Kier alpha value is -0.390. The van der Waals surface area contributed by atoms with Crippen molar-refractivity contribution in [3.63, 3.8) is 0 Å². The van der Waals surface area contributed by atoms with Crippen LogP contribution in [-0.4, -0.2) is 39.7 Å². The number of carbonyl (C=O) groups excluding carboxylic acids is 1. The number of aliphatic hydroxyl groups is 2. The number of hydrogen-bond donors (Lipinski definition) is 3. The summed E-state index contributed by atoms with van der Waals surface area (Å²) in [5.41, 5.74) is 0. The summed E-state index contributed by atoms with van der Waals surface area (Å²) in [4.78, 5) is 13.0. The second kappa shape index (κ2) is 32.5. The Bertz CT molecular complexity index is 571. The maximum absolute atomic E-state index is 12.3. The Labute approximate surface area is 264 Å². The molecule has 0 aromatic rings. The minimum atomic E-state index is -0.838. The van der Waals surface area contributed by atoms with Crippen molar-refractivity contribution in [3.8, 4) is 0 Å². The van der Waals surface area contributed by atoms with Crippen LogP contribution >= 0.6 is 15.9 Å². The molecular weight excluding hydrogens is 574 g/mol. The zero-order chi connectivity index (χ0) is 30.2. The molecule has 0 aliphatic carbocycles. The molecule has 0 spiro atoms. The third kappa shape index (κ3) is 29.5. The van der Waals surface area contributed by atoms with E-state index >= 15 is 0 Å². The molecule has 0 fully saturated rings. The number of aliphatic hydroxyl groups excluding tert-OH is 2. The molecule has 0 aromatic carbocycles. The van der Waals surface area contributed by atoms with Gasteiger partial charge in [0.1, 0.15) is 0 Å². The summed E-state index contributed by atoms with van der Waals surface area (Å²) in [7, 11) is 0. The Balaban J connectivity index is 3.64. The molecule has 0 saturated carbocycles. The topological polar surface area (TPSA) is 69.6 Å². The molecule has 1 amide bonds. The number of halogens is 1. The number of allylic oxidation sites excluding steroid dienone is 1. The molecule has 41 heavy (non-hydrogen) atoms. The van der Waals surface area contributed by atoms with Crippen molar-refractivity contribution < 1.29 is 15.0 Å². The molecule has 4 nitrogen and oxygen atoms in total. The molecule has 0 aliphatic rings. The molecule has 3 N–H and O–H groups in total. The minimum absolute atomic E-state index is 0.0669. The number of hydrogen-bond acceptors (Lipinski definition) is 3. The molecule has 0 rings (SSSR count). The van der Waals surface area contributed by atoms with E-state index < -0.39 is 12.1 Å². The van der Waals surface area contributed by atoms with Crippen LogP contribution in [0, 0.1) is 0 Å². The van der Waals surface area contributed by atoms with Crippen molar-refractivity contribution in [1.82, 2.24) is 5.32 Å². The van der Waals surface area contributed by atoms with Gasteiger partial charge in [-0.15, -0.1) is 0 Å². The lowest BCUT2D eigenvalue weighted by molar-refractivity contribution is -0.123. The van der Waals surface area contributed by atoms with E-state index in [0.29, 0.717) is 11.2 Å². The molecule has 0 radical (unpaired) electrons. The molecule has 5 heteroatoms. The molecule has 244 valence electrons.